The van der Waals surface area contributed by atoms with E-state index in [4.69, 9.17) is 4.74 Å². The van der Waals surface area contributed by atoms with Gasteiger partial charge in [-0.15, -0.1) is 0 Å². The van der Waals surface area contributed by atoms with Gasteiger partial charge in [0, 0.05) is 11.5 Å². The van der Waals surface area contributed by atoms with Crippen LogP contribution in [0.5, 0.6) is 11.5 Å². The summed E-state index contributed by atoms with van der Waals surface area (Å²) in [5.74, 6) is 1.57. The number of rotatable bonds is 6. The van der Waals surface area contributed by atoms with Gasteiger partial charge < -0.3 is 9.84 Å². The van der Waals surface area contributed by atoms with Gasteiger partial charge in [0.25, 0.3) is 0 Å². The molecular formula is C25H30O2. The number of hydrogen-bond acceptors (Lipinski definition) is 2. The van der Waals surface area contributed by atoms with E-state index < -0.39 is 0 Å². The van der Waals surface area contributed by atoms with Gasteiger partial charge in [0.1, 0.15) is 11.5 Å². The van der Waals surface area contributed by atoms with E-state index in [2.05, 4.69) is 56.8 Å². The molecule has 1 aliphatic rings. The average Bonchev–Trinajstić information content (AvgIpc) is 2.66. The third-order valence-electron chi connectivity index (χ3n) is 5.66. The standard InChI is InChI=1S/C25H30O2/c1-17(2)21-13-10-18(3)14-22(21)25-23(26)15-20(16-24(25)27-4)12-11-19-8-6-5-7-9-19/h5-9,14-16,21-22,26H,1,10-13H2,2-4H3/t21-,22+/m0/s1. The minimum Gasteiger partial charge on any atom is -0.507 e. The molecular weight excluding hydrogens is 332 g/mol. The second-order valence-corrected chi connectivity index (χ2v) is 7.75. The lowest BCUT2D eigenvalue weighted by molar-refractivity contribution is 0.381. The van der Waals surface area contributed by atoms with Gasteiger partial charge in [0.2, 0.25) is 0 Å². The van der Waals surface area contributed by atoms with Gasteiger partial charge in [-0.1, -0.05) is 54.1 Å². The molecule has 27 heavy (non-hydrogen) atoms. The van der Waals surface area contributed by atoms with Crippen molar-refractivity contribution < 1.29 is 9.84 Å². The molecule has 3 rings (SSSR count). The summed E-state index contributed by atoms with van der Waals surface area (Å²) in [5, 5.41) is 10.9. The largest absolute Gasteiger partial charge is 0.507 e. The van der Waals surface area contributed by atoms with E-state index >= 15 is 0 Å². The fraction of sp³-hybridized carbons (Fsp3) is 0.360. The van der Waals surface area contributed by atoms with E-state index in [9.17, 15) is 5.11 Å². The van der Waals surface area contributed by atoms with Gasteiger partial charge in [-0.3, -0.25) is 0 Å². The van der Waals surface area contributed by atoms with Gasteiger partial charge in [0.15, 0.2) is 0 Å². The van der Waals surface area contributed by atoms with Gasteiger partial charge >= 0.3 is 0 Å². The van der Waals surface area contributed by atoms with Crippen LogP contribution in [0.15, 0.2) is 66.3 Å². The van der Waals surface area contributed by atoms with Crippen LogP contribution in [0, 0.1) is 5.92 Å². The Morgan fingerprint density at radius 3 is 2.52 bits per heavy atom. The van der Waals surface area contributed by atoms with Crippen LogP contribution >= 0.6 is 0 Å². The SMILES string of the molecule is C=C(C)[C@@H]1CCC(C)=C[C@H]1c1c(O)cc(CCc2ccccc2)cc1OC. The number of methoxy groups -OCH3 is 1. The first kappa shape index (κ1) is 19.3. The van der Waals surface area contributed by atoms with Gasteiger partial charge in [-0.25, -0.2) is 0 Å². The highest BCUT2D eigenvalue weighted by atomic mass is 16.5. The first-order valence-electron chi connectivity index (χ1n) is 9.76. The van der Waals surface area contributed by atoms with E-state index in [-0.39, 0.29) is 5.92 Å². The Morgan fingerprint density at radius 2 is 1.85 bits per heavy atom. The quantitative estimate of drug-likeness (QED) is 0.620. The molecule has 1 aliphatic carbocycles. The van der Waals surface area contributed by atoms with Crippen molar-refractivity contribution in [1.82, 2.24) is 0 Å². The van der Waals surface area contributed by atoms with Crippen molar-refractivity contribution in [2.75, 3.05) is 7.11 Å². The molecule has 0 aliphatic heterocycles. The molecule has 2 heteroatoms. The highest BCUT2D eigenvalue weighted by molar-refractivity contribution is 5.52. The number of ether oxygens (including phenoxy) is 1. The van der Waals surface area contributed by atoms with Crippen LogP contribution in [0.4, 0.5) is 0 Å². The Bertz CT molecular complexity index is 833. The monoisotopic (exact) mass is 362 g/mol. The van der Waals surface area contributed by atoms with Crippen LogP contribution in [0.2, 0.25) is 0 Å². The summed E-state index contributed by atoms with van der Waals surface area (Å²) >= 11 is 0. The van der Waals surface area contributed by atoms with E-state index in [1.807, 2.05) is 12.1 Å². The molecule has 2 nitrogen and oxygen atoms in total. The van der Waals surface area contributed by atoms with Crippen molar-refractivity contribution in [3.05, 3.63) is 83.0 Å². The molecule has 0 bridgehead atoms. The van der Waals surface area contributed by atoms with Crippen LogP contribution < -0.4 is 4.74 Å². The minimum absolute atomic E-state index is 0.120. The maximum Gasteiger partial charge on any atom is 0.126 e. The predicted molar refractivity (Wildman–Crippen MR) is 113 cm³/mol. The maximum absolute atomic E-state index is 10.9. The third-order valence-corrected chi connectivity index (χ3v) is 5.66. The van der Waals surface area contributed by atoms with Crippen molar-refractivity contribution in [2.45, 2.75) is 45.4 Å². The fourth-order valence-corrected chi connectivity index (χ4v) is 4.16. The highest BCUT2D eigenvalue weighted by Gasteiger charge is 2.30. The zero-order chi connectivity index (χ0) is 19.4. The summed E-state index contributed by atoms with van der Waals surface area (Å²) in [7, 11) is 1.69. The van der Waals surface area contributed by atoms with Crippen LogP contribution in [0.3, 0.4) is 0 Å². The Balaban J connectivity index is 1.92. The second kappa shape index (κ2) is 8.47. The summed E-state index contributed by atoms with van der Waals surface area (Å²) < 4.78 is 5.72. The number of benzene rings is 2. The summed E-state index contributed by atoms with van der Waals surface area (Å²) in [6.45, 7) is 8.45. The fourth-order valence-electron chi connectivity index (χ4n) is 4.16. The Labute approximate surface area is 163 Å². The molecule has 142 valence electrons. The van der Waals surface area contributed by atoms with Crippen LogP contribution in [-0.2, 0) is 12.8 Å². The van der Waals surface area contributed by atoms with E-state index in [1.54, 1.807) is 7.11 Å². The van der Waals surface area contributed by atoms with Crippen LogP contribution in [-0.4, -0.2) is 12.2 Å². The van der Waals surface area contributed by atoms with Gasteiger partial charge in [-0.05, 0) is 68.7 Å². The molecule has 0 fully saturated rings. The van der Waals surface area contributed by atoms with Gasteiger partial charge in [0.05, 0.1) is 7.11 Å². The highest BCUT2D eigenvalue weighted by Crippen LogP contribution is 2.46. The zero-order valence-electron chi connectivity index (χ0n) is 16.7. The van der Waals surface area contributed by atoms with E-state index in [0.717, 1.165) is 42.6 Å². The average molecular weight is 363 g/mol. The number of aryl methyl sites for hydroxylation is 2. The van der Waals surface area contributed by atoms with Crippen molar-refractivity contribution in [3.63, 3.8) is 0 Å². The normalized spacial score (nSPS) is 19.4. The molecule has 0 heterocycles. The van der Waals surface area contributed by atoms with E-state index in [1.165, 1.54) is 16.7 Å². The molecule has 2 atom stereocenters. The predicted octanol–water partition coefficient (Wildman–Crippen LogP) is 6.20. The Kier molecular flexibility index (Phi) is 6.05. The molecule has 2 aromatic carbocycles. The number of allylic oxidation sites excluding steroid dienone is 3. The molecule has 0 amide bonds. The van der Waals surface area contributed by atoms with Crippen molar-refractivity contribution in [1.29, 1.82) is 0 Å². The van der Waals surface area contributed by atoms with E-state index in [0.29, 0.717) is 11.7 Å². The summed E-state index contributed by atoms with van der Waals surface area (Å²) in [4.78, 5) is 0. The molecule has 0 unspecified atom stereocenters. The molecule has 1 N–H and O–H groups in total. The number of phenolic OH excluding ortho intramolecular Hbond substituents is 1. The van der Waals surface area contributed by atoms with Crippen molar-refractivity contribution in [3.8, 4) is 11.5 Å². The molecule has 0 aromatic heterocycles. The zero-order valence-corrected chi connectivity index (χ0v) is 16.7. The van der Waals surface area contributed by atoms with Crippen LogP contribution in [0.1, 0.15) is 49.3 Å². The first-order chi connectivity index (χ1) is 13.0. The Morgan fingerprint density at radius 1 is 1.15 bits per heavy atom. The number of phenols is 1. The lowest BCUT2D eigenvalue weighted by Gasteiger charge is -2.32. The molecule has 0 saturated heterocycles. The first-order valence-corrected chi connectivity index (χ1v) is 9.76. The topological polar surface area (TPSA) is 29.5 Å². The van der Waals surface area contributed by atoms with Crippen molar-refractivity contribution in [2.24, 2.45) is 5.92 Å². The van der Waals surface area contributed by atoms with Crippen molar-refractivity contribution >= 4 is 0 Å². The smallest absolute Gasteiger partial charge is 0.126 e. The minimum atomic E-state index is 0.120. The second-order valence-electron chi connectivity index (χ2n) is 7.75. The maximum atomic E-state index is 10.9. The Hall–Kier alpha value is -2.48. The summed E-state index contributed by atoms with van der Waals surface area (Å²) in [5.41, 5.74) is 5.83. The summed E-state index contributed by atoms with van der Waals surface area (Å²) in [6, 6.07) is 14.4. The molecule has 2 aromatic rings. The third kappa shape index (κ3) is 4.44. The number of aromatic hydroxyl groups is 1. The number of hydrogen-bond donors (Lipinski definition) is 1. The lowest BCUT2D eigenvalue weighted by Crippen LogP contribution is -2.18. The lowest BCUT2D eigenvalue weighted by atomic mass is 9.73. The summed E-state index contributed by atoms with van der Waals surface area (Å²) in [6.07, 6.45) is 6.26. The molecule has 0 radical (unpaired) electrons. The van der Waals surface area contributed by atoms with Crippen LogP contribution in [0.25, 0.3) is 0 Å². The molecule has 0 saturated carbocycles. The molecule has 0 spiro atoms. The van der Waals surface area contributed by atoms with Gasteiger partial charge in [-0.2, -0.15) is 0 Å².